The van der Waals surface area contributed by atoms with Crippen molar-refractivity contribution >= 4 is 33.4 Å². The van der Waals surface area contributed by atoms with E-state index in [-0.39, 0.29) is 28.3 Å². The van der Waals surface area contributed by atoms with Crippen LogP contribution in [0.5, 0.6) is 5.75 Å². The summed E-state index contributed by atoms with van der Waals surface area (Å²) in [5, 5.41) is 1.87. The smallest absolute Gasteiger partial charge is 0.405 e. The maximum Gasteiger partial charge on any atom is 0.573 e. The third kappa shape index (κ3) is 3.61. The maximum absolute atomic E-state index is 12.2. The Morgan fingerprint density at radius 1 is 1.22 bits per heavy atom. The first kappa shape index (κ1) is 14.8. The molecule has 0 saturated carbocycles. The lowest BCUT2D eigenvalue weighted by molar-refractivity contribution is -0.274. The van der Waals surface area contributed by atoms with Crippen LogP contribution in [0.2, 0.25) is 0 Å². The molecule has 1 aromatic carbocycles. The van der Waals surface area contributed by atoms with Gasteiger partial charge in [0, 0.05) is 10.9 Å². The van der Waals surface area contributed by atoms with Crippen molar-refractivity contribution in [2.45, 2.75) is 6.36 Å². The summed E-state index contributed by atoms with van der Waals surface area (Å²) >= 11 is 1.16. The van der Waals surface area contributed by atoms with E-state index < -0.39 is 6.36 Å². The normalized spacial score (nSPS) is 10.8. The number of benzene rings is 1. The lowest BCUT2D eigenvalue weighted by atomic mass is 10.1. The van der Waals surface area contributed by atoms with Gasteiger partial charge in [-0.3, -0.25) is 0 Å². The molecule has 0 amide bonds. The summed E-state index contributed by atoms with van der Waals surface area (Å²) in [6.45, 7) is 0. The summed E-state index contributed by atoms with van der Waals surface area (Å²) in [7, 11) is 0. The fourth-order valence-corrected chi connectivity index (χ4v) is 1.87. The van der Waals surface area contributed by atoms with Gasteiger partial charge in [-0.25, -0.2) is 4.98 Å². The summed E-state index contributed by atoms with van der Waals surface area (Å²) in [4.78, 5) is 3.92. The number of ether oxygens (including phenoxy) is 1. The molecule has 3 nitrogen and oxygen atoms in total. The Balaban J connectivity index is 0.00000162. The quantitative estimate of drug-likeness (QED) is 0.902. The van der Waals surface area contributed by atoms with Gasteiger partial charge >= 0.3 is 6.36 Å². The zero-order valence-corrected chi connectivity index (χ0v) is 11.3. The highest BCUT2D eigenvalue weighted by Gasteiger charge is 2.32. The van der Waals surface area contributed by atoms with Gasteiger partial charge < -0.3 is 10.5 Å². The molecule has 2 rings (SSSR count). The minimum atomic E-state index is -4.72. The van der Waals surface area contributed by atoms with Crippen molar-refractivity contribution in [2.75, 3.05) is 5.73 Å². The number of nitrogens with two attached hydrogens (primary N) is 1. The van der Waals surface area contributed by atoms with E-state index in [4.69, 9.17) is 5.73 Å². The fraction of sp³-hybridized carbons (Fsp3) is 0.100. The Morgan fingerprint density at radius 2 is 1.89 bits per heavy atom. The van der Waals surface area contributed by atoms with Gasteiger partial charge in [0.05, 0.1) is 5.69 Å². The van der Waals surface area contributed by atoms with Gasteiger partial charge in [0.1, 0.15) is 5.75 Å². The Labute approximate surface area is 115 Å². The standard InChI is InChI=1S/C10H7F3N2OS.BrH/c11-10(12,13)16-8-4-2-1-3-6(8)7-5-17-9(14)15-7;/h1-5H,(H2,14,15);1H. The van der Waals surface area contributed by atoms with E-state index in [0.29, 0.717) is 10.8 Å². The highest BCUT2D eigenvalue weighted by Crippen LogP contribution is 2.34. The minimum absolute atomic E-state index is 0. The van der Waals surface area contributed by atoms with Crippen molar-refractivity contribution in [3.05, 3.63) is 29.6 Å². The minimum Gasteiger partial charge on any atom is -0.405 e. The van der Waals surface area contributed by atoms with Crippen molar-refractivity contribution in [3.8, 4) is 17.0 Å². The number of hydrogen-bond donors (Lipinski definition) is 1. The van der Waals surface area contributed by atoms with E-state index in [1.165, 1.54) is 18.2 Å². The number of para-hydroxylation sites is 1. The van der Waals surface area contributed by atoms with E-state index in [2.05, 4.69) is 9.72 Å². The van der Waals surface area contributed by atoms with E-state index in [0.717, 1.165) is 11.3 Å². The van der Waals surface area contributed by atoms with Crippen molar-refractivity contribution in [2.24, 2.45) is 0 Å². The molecule has 0 unspecified atom stereocenters. The molecule has 0 spiro atoms. The van der Waals surface area contributed by atoms with Crippen molar-refractivity contribution in [3.63, 3.8) is 0 Å². The van der Waals surface area contributed by atoms with Gasteiger partial charge in [0.2, 0.25) is 0 Å². The second-order valence-corrected chi connectivity index (χ2v) is 4.00. The second kappa shape index (κ2) is 5.57. The molecule has 1 heterocycles. The number of halogens is 4. The van der Waals surface area contributed by atoms with Crippen LogP contribution in [0.15, 0.2) is 29.6 Å². The van der Waals surface area contributed by atoms with Crippen LogP contribution < -0.4 is 10.5 Å². The second-order valence-electron chi connectivity index (χ2n) is 3.11. The first-order valence-electron chi connectivity index (χ1n) is 4.52. The van der Waals surface area contributed by atoms with Crippen LogP contribution in [0.1, 0.15) is 0 Å². The average Bonchev–Trinajstić information content (AvgIpc) is 2.63. The van der Waals surface area contributed by atoms with E-state index >= 15 is 0 Å². The Bertz CT molecular complexity index is 530. The number of hydrogen-bond acceptors (Lipinski definition) is 4. The van der Waals surface area contributed by atoms with Crippen molar-refractivity contribution < 1.29 is 17.9 Å². The monoisotopic (exact) mass is 340 g/mol. The van der Waals surface area contributed by atoms with Crippen molar-refractivity contribution in [1.82, 2.24) is 4.98 Å². The molecule has 0 saturated heterocycles. The van der Waals surface area contributed by atoms with Crippen LogP contribution in [-0.4, -0.2) is 11.3 Å². The first-order valence-corrected chi connectivity index (χ1v) is 5.40. The molecular weight excluding hydrogens is 333 g/mol. The molecule has 1 aromatic heterocycles. The van der Waals surface area contributed by atoms with Gasteiger partial charge in [0.15, 0.2) is 5.13 Å². The number of rotatable bonds is 2. The maximum atomic E-state index is 12.2. The number of nitrogen functional groups attached to an aromatic ring is 1. The van der Waals surface area contributed by atoms with Crippen LogP contribution in [0.3, 0.4) is 0 Å². The zero-order valence-electron chi connectivity index (χ0n) is 8.77. The summed E-state index contributed by atoms with van der Waals surface area (Å²) in [6.07, 6.45) is -4.72. The molecular formula is C10H8BrF3N2OS. The van der Waals surface area contributed by atoms with Gasteiger partial charge in [0.25, 0.3) is 0 Å². The van der Waals surface area contributed by atoms with E-state index in [9.17, 15) is 13.2 Å². The van der Waals surface area contributed by atoms with Gasteiger partial charge in [-0.1, -0.05) is 12.1 Å². The SMILES string of the molecule is Br.Nc1nc(-c2ccccc2OC(F)(F)F)cs1. The molecule has 0 bridgehead atoms. The Hall–Kier alpha value is -1.28. The van der Waals surface area contributed by atoms with Crippen LogP contribution >= 0.6 is 28.3 Å². The molecule has 0 fully saturated rings. The van der Waals surface area contributed by atoms with E-state index in [1.54, 1.807) is 11.4 Å². The molecule has 8 heteroatoms. The van der Waals surface area contributed by atoms with Crippen molar-refractivity contribution in [1.29, 1.82) is 0 Å². The average molecular weight is 341 g/mol. The van der Waals surface area contributed by atoms with Gasteiger partial charge in [-0.15, -0.1) is 41.5 Å². The topological polar surface area (TPSA) is 48.1 Å². The van der Waals surface area contributed by atoms with Crippen LogP contribution in [0.25, 0.3) is 11.3 Å². The van der Waals surface area contributed by atoms with Crippen LogP contribution in [0, 0.1) is 0 Å². The molecule has 98 valence electrons. The highest BCUT2D eigenvalue weighted by atomic mass is 79.9. The number of alkyl halides is 3. The summed E-state index contributed by atoms with van der Waals surface area (Å²) in [5.74, 6) is -0.287. The summed E-state index contributed by atoms with van der Waals surface area (Å²) in [6, 6.07) is 5.79. The molecule has 2 aromatic rings. The van der Waals surface area contributed by atoms with Crippen LogP contribution in [-0.2, 0) is 0 Å². The lowest BCUT2D eigenvalue weighted by Gasteiger charge is -2.11. The largest absolute Gasteiger partial charge is 0.573 e. The molecule has 0 aliphatic heterocycles. The van der Waals surface area contributed by atoms with Gasteiger partial charge in [-0.2, -0.15) is 0 Å². The lowest BCUT2D eigenvalue weighted by Crippen LogP contribution is -2.17. The number of anilines is 1. The van der Waals surface area contributed by atoms with E-state index in [1.807, 2.05) is 0 Å². The number of nitrogens with zero attached hydrogens (tertiary/aromatic N) is 1. The fourth-order valence-electron chi connectivity index (χ4n) is 1.30. The molecule has 0 aliphatic carbocycles. The summed E-state index contributed by atoms with van der Waals surface area (Å²) in [5.41, 5.74) is 6.07. The Morgan fingerprint density at radius 3 is 2.44 bits per heavy atom. The molecule has 0 atom stereocenters. The third-order valence-corrected chi connectivity index (χ3v) is 2.58. The summed E-state index contributed by atoms with van der Waals surface area (Å²) < 4.78 is 40.5. The first-order chi connectivity index (χ1) is 7.96. The molecule has 18 heavy (non-hydrogen) atoms. The Kier molecular flexibility index (Phi) is 4.58. The predicted octanol–water partition coefficient (Wildman–Crippen LogP) is 3.87. The predicted molar refractivity (Wildman–Crippen MR) is 69.0 cm³/mol. The third-order valence-electron chi connectivity index (χ3n) is 1.91. The molecule has 2 N–H and O–H groups in total. The highest BCUT2D eigenvalue weighted by molar-refractivity contribution is 8.93. The van der Waals surface area contributed by atoms with Crippen LogP contribution in [0.4, 0.5) is 18.3 Å². The molecule has 0 radical (unpaired) electrons. The zero-order chi connectivity index (χ0) is 12.5. The van der Waals surface area contributed by atoms with Gasteiger partial charge in [-0.05, 0) is 12.1 Å². The molecule has 0 aliphatic rings. The number of aromatic nitrogens is 1. The number of thiazole rings is 1.